The summed E-state index contributed by atoms with van der Waals surface area (Å²) in [4.78, 5) is 21.0. The molecule has 1 heterocycles. The van der Waals surface area contributed by atoms with Crippen molar-refractivity contribution in [1.82, 2.24) is 0 Å². The highest BCUT2D eigenvalue weighted by Gasteiger charge is 2.14. The smallest absolute Gasteiger partial charge is 0.338 e. The quantitative estimate of drug-likeness (QED) is 0.694. The predicted octanol–water partition coefficient (Wildman–Crippen LogP) is 2.10. The Morgan fingerprint density at radius 1 is 1.17 bits per heavy atom. The van der Waals surface area contributed by atoms with Gasteiger partial charge < -0.3 is 10.5 Å². The molecule has 0 radical (unpaired) electrons. The number of hydrogen-bond acceptors (Lipinski definition) is 5. The van der Waals surface area contributed by atoms with E-state index in [4.69, 9.17) is 10.5 Å². The fraction of sp³-hybridized carbons (Fsp3) is 0.278. The Morgan fingerprint density at radius 2 is 1.83 bits per heavy atom. The van der Waals surface area contributed by atoms with Crippen LogP contribution in [0.15, 0.2) is 46.4 Å². The molecule has 3 rings (SSSR count). The summed E-state index contributed by atoms with van der Waals surface area (Å²) in [5, 5.41) is 1.66. The van der Waals surface area contributed by atoms with E-state index in [9.17, 15) is 4.79 Å². The van der Waals surface area contributed by atoms with Gasteiger partial charge in [0, 0.05) is 5.69 Å². The molecule has 1 aliphatic heterocycles. The van der Waals surface area contributed by atoms with Crippen molar-refractivity contribution in [1.29, 1.82) is 0 Å². The molecule has 0 saturated heterocycles. The highest BCUT2D eigenvalue weighted by atomic mass is 16.5. The van der Waals surface area contributed by atoms with Crippen LogP contribution in [0.1, 0.15) is 41.0 Å². The molecular formula is C18H19N3O2. The lowest BCUT2D eigenvalue weighted by Gasteiger charge is -2.06. The van der Waals surface area contributed by atoms with Crippen molar-refractivity contribution in [2.45, 2.75) is 26.4 Å². The van der Waals surface area contributed by atoms with Gasteiger partial charge in [0.1, 0.15) is 0 Å². The number of carbonyl (C=O) groups is 1. The first-order valence-corrected chi connectivity index (χ1v) is 7.67. The second-order valence-corrected chi connectivity index (χ2v) is 5.59. The highest BCUT2D eigenvalue weighted by molar-refractivity contribution is 5.89. The minimum absolute atomic E-state index is 0.285. The number of benzene rings is 2. The van der Waals surface area contributed by atoms with Crippen molar-refractivity contribution in [3.8, 4) is 0 Å². The van der Waals surface area contributed by atoms with Crippen LogP contribution >= 0.6 is 0 Å². The minimum Gasteiger partial charge on any atom is -0.462 e. The average Bonchev–Trinajstić information content (AvgIpc) is 2.96. The standard InChI is InChI=1S/C18H19N3O2/c1-3-8-23-18(22)13-6-4-12(5-7-13)17-20-15-9-11(2)14(19)10-16(15)21-17/h4-7,9-10,17H,3,8,19H2,1-2H3/t17-/m0/s1. The molecular weight excluding hydrogens is 290 g/mol. The number of fused-ring (bicyclic) bond motifs is 1. The highest BCUT2D eigenvalue weighted by Crippen LogP contribution is 2.20. The lowest BCUT2D eigenvalue weighted by Crippen LogP contribution is -2.22. The van der Waals surface area contributed by atoms with E-state index < -0.39 is 0 Å². The first kappa shape index (κ1) is 15.2. The van der Waals surface area contributed by atoms with Crippen molar-refractivity contribution < 1.29 is 9.53 Å². The number of esters is 1. The predicted molar refractivity (Wildman–Crippen MR) is 87.7 cm³/mol. The molecule has 0 fully saturated rings. The molecule has 5 heteroatoms. The molecule has 118 valence electrons. The van der Waals surface area contributed by atoms with Gasteiger partial charge in [0.25, 0.3) is 0 Å². The fourth-order valence-electron chi connectivity index (χ4n) is 2.42. The Hall–Kier alpha value is -2.69. The maximum absolute atomic E-state index is 11.8. The average molecular weight is 309 g/mol. The Kier molecular flexibility index (Phi) is 4.10. The van der Waals surface area contributed by atoms with Gasteiger partial charge in [0.15, 0.2) is 6.17 Å². The van der Waals surface area contributed by atoms with Crippen LogP contribution in [-0.2, 0) is 4.74 Å². The fourth-order valence-corrected chi connectivity index (χ4v) is 2.42. The molecule has 2 aromatic carbocycles. The molecule has 0 amide bonds. The second-order valence-electron chi connectivity index (χ2n) is 5.59. The Morgan fingerprint density at radius 3 is 2.48 bits per heavy atom. The maximum atomic E-state index is 11.8. The van der Waals surface area contributed by atoms with Gasteiger partial charge in [-0.3, -0.25) is 9.98 Å². The van der Waals surface area contributed by atoms with E-state index in [2.05, 4.69) is 9.98 Å². The molecule has 0 aromatic heterocycles. The van der Waals surface area contributed by atoms with Gasteiger partial charge in [-0.15, -0.1) is 0 Å². The van der Waals surface area contributed by atoms with E-state index in [1.165, 1.54) is 0 Å². The molecule has 2 N–H and O–H groups in total. The molecule has 0 aliphatic carbocycles. The zero-order valence-electron chi connectivity index (χ0n) is 13.2. The Balaban J connectivity index is 1.84. The van der Waals surface area contributed by atoms with Crippen LogP contribution in [0, 0.1) is 6.92 Å². The summed E-state index contributed by atoms with van der Waals surface area (Å²) in [6.45, 7) is 4.35. The number of nitrogen functional groups attached to an aromatic ring is 1. The number of rotatable bonds is 4. The van der Waals surface area contributed by atoms with Crippen molar-refractivity contribution in [3.05, 3.63) is 63.8 Å². The lowest BCUT2D eigenvalue weighted by molar-refractivity contribution is 0.0505. The topological polar surface area (TPSA) is 77.0 Å². The number of nitrogens with two attached hydrogens (primary N) is 1. The summed E-state index contributed by atoms with van der Waals surface area (Å²) in [6, 6.07) is 11.0. The summed E-state index contributed by atoms with van der Waals surface area (Å²) < 4.78 is 5.12. The SMILES string of the molecule is CCCOC(=O)c1ccc([C@H]2N=c3cc(C)c(N)cc3=N2)cc1. The van der Waals surface area contributed by atoms with Crippen LogP contribution < -0.4 is 16.4 Å². The van der Waals surface area contributed by atoms with E-state index in [1.807, 2.05) is 38.1 Å². The van der Waals surface area contributed by atoms with Crippen LogP contribution in [0.3, 0.4) is 0 Å². The first-order valence-electron chi connectivity index (χ1n) is 7.67. The minimum atomic E-state index is -0.301. The normalized spacial score (nSPS) is 15.5. The van der Waals surface area contributed by atoms with Crippen LogP contribution in [0.5, 0.6) is 0 Å². The largest absolute Gasteiger partial charge is 0.462 e. The molecule has 0 saturated carbocycles. The number of ether oxygens (including phenoxy) is 1. The van der Waals surface area contributed by atoms with Crippen LogP contribution in [0.25, 0.3) is 0 Å². The summed E-state index contributed by atoms with van der Waals surface area (Å²) in [5.74, 6) is -0.301. The summed E-state index contributed by atoms with van der Waals surface area (Å²) in [6.07, 6.45) is 0.525. The lowest BCUT2D eigenvalue weighted by atomic mass is 10.1. The third kappa shape index (κ3) is 3.08. The van der Waals surface area contributed by atoms with Crippen molar-refractivity contribution >= 4 is 11.7 Å². The Labute approximate surface area is 134 Å². The third-order valence-corrected chi connectivity index (χ3v) is 3.77. The number of carbonyl (C=O) groups excluding carboxylic acids is 1. The Bertz CT molecular complexity index is 816. The van der Waals surface area contributed by atoms with Gasteiger partial charge in [-0.1, -0.05) is 19.1 Å². The molecule has 0 bridgehead atoms. The van der Waals surface area contributed by atoms with Crippen LogP contribution in [0.4, 0.5) is 5.69 Å². The van der Waals surface area contributed by atoms with Crippen LogP contribution in [-0.4, -0.2) is 12.6 Å². The monoisotopic (exact) mass is 309 g/mol. The number of anilines is 1. The van der Waals surface area contributed by atoms with Gasteiger partial charge in [-0.2, -0.15) is 0 Å². The zero-order valence-corrected chi connectivity index (χ0v) is 13.2. The molecule has 0 unspecified atom stereocenters. The van der Waals surface area contributed by atoms with E-state index in [0.29, 0.717) is 12.2 Å². The van der Waals surface area contributed by atoms with Gasteiger partial charge >= 0.3 is 5.97 Å². The number of nitrogens with zero attached hydrogens (tertiary/aromatic N) is 2. The zero-order chi connectivity index (χ0) is 16.4. The maximum Gasteiger partial charge on any atom is 0.338 e. The van der Waals surface area contributed by atoms with E-state index in [1.54, 1.807) is 12.1 Å². The van der Waals surface area contributed by atoms with E-state index >= 15 is 0 Å². The van der Waals surface area contributed by atoms with Crippen molar-refractivity contribution in [2.24, 2.45) is 9.98 Å². The third-order valence-electron chi connectivity index (χ3n) is 3.77. The summed E-state index contributed by atoms with van der Waals surface area (Å²) in [7, 11) is 0. The molecule has 0 spiro atoms. The molecule has 2 aromatic rings. The van der Waals surface area contributed by atoms with Crippen molar-refractivity contribution in [3.63, 3.8) is 0 Å². The van der Waals surface area contributed by atoms with Gasteiger partial charge in [0.2, 0.25) is 0 Å². The van der Waals surface area contributed by atoms with Gasteiger partial charge in [-0.25, -0.2) is 4.79 Å². The van der Waals surface area contributed by atoms with Gasteiger partial charge in [0.05, 0.1) is 22.9 Å². The molecule has 1 atom stereocenters. The number of hydrogen-bond donors (Lipinski definition) is 1. The number of aryl methyl sites for hydroxylation is 1. The first-order chi connectivity index (χ1) is 11.1. The molecule has 23 heavy (non-hydrogen) atoms. The van der Waals surface area contributed by atoms with E-state index in [0.717, 1.165) is 33.9 Å². The van der Waals surface area contributed by atoms with E-state index in [-0.39, 0.29) is 12.1 Å². The van der Waals surface area contributed by atoms with Crippen LogP contribution in [0.2, 0.25) is 0 Å². The van der Waals surface area contributed by atoms with Crippen molar-refractivity contribution in [2.75, 3.05) is 12.3 Å². The second kappa shape index (κ2) is 6.20. The summed E-state index contributed by atoms with van der Waals surface area (Å²) in [5.41, 5.74) is 9.11. The molecule has 1 aliphatic rings. The summed E-state index contributed by atoms with van der Waals surface area (Å²) >= 11 is 0. The molecule has 5 nitrogen and oxygen atoms in total. The van der Waals surface area contributed by atoms with Gasteiger partial charge in [-0.05, 0) is 48.7 Å².